The number of carbonyl (C=O) groups is 1. The summed E-state index contributed by atoms with van der Waals surface area (Å²) in [5, 5.41) is 6.26. The second-order valence-corrected chi connectivity index (χ2v) is 8.56. The van der Waals surface area contributed by atoms with Gasteiger partial charge in [0.1, 0.15) is 6.54 Å². The predicted molar refractivity (Wildman–Crippen MR) is 125 cm³/mol. The lowest BCUT2D eigenvalue weighted by molar-refractivity contribution is -0.121. The zero-order chi connectivity index (χ0) is 21.4. The fourth-order valence-corrected chi connectivity index (χ4v) is 5.01. The summed E-state index contributed by atoms with van der Waals surface area (Å²) in [7, 11) is 1.73. The second kappa shape index (κ2) is 7.92. The number of amides is 1. The molecule has 2 aromatic carbocycles. The molecule has 0 aliphatic heterocycles. The number of carbonyl (C=O) groups excluding carboxylic acids is 1. The third kappa shape index (κ3) is 3.47. The van der Waals surface area contributed by atoms with E-state index in [0.717, 1.165) is 27.5 Å². The Morgan fingerprint density at radius 2 is 1.84 bits per heavy atom. The number of para-hydroxylation sites is 3. The number of nitrogens with one attached hydrogen (secondary N) is 2. The van der Waals surface area contributed by atoms with Crippen molar-refractivity contribution >= 4 is 39.2 Å². The quantitative estimate of drug-likeness (QED) is 0.430. The van der Waals surface area contributed by atoms with Gasteiger partial charge in [-0.2, -0.15) is 0 Å². The van der Waals surface area contributed by atoms with Gasteiger partial charge in [-0.05, 0) is 35.2 Å². The molecule has 156 valence electrons. The highest BCUT2D eigenvalue weighted by atomic mass is 32.1. The maximum atomic E-state index is 12.8. The number of hydrogen-bond acceptors (Lipinski definition) is 3. The maximum Gasteiger partial charge on any atom is 0.329 e. The van der Waals surface area contributed by atoms with Crippen LogP contribution in [0, 0.1) is 0 Å². The van der Waals surface area contributed by atoms with E-state index in [0.29, 0.717) is 6.54 Å². The van der Waals surface area contributed by atoms with E-state index in [2.05, 4.69) is 33.9 Å². The highest BCUT2D eigenvalue weighted by molar-refractivity contribution is 7.10. The van der Waals surface area contributed by atoms with Crippen LogP contribution in [0.15, 0.2) is 77.0 Å². The molecule has 5 aromatic rings. The van der Waals surface area contributed by atoms with Crippen LogP contribution in [0.3, 0.4) is 0 Å². The first kappa shape index (κ1) is 19.4. The Morgan fingerprint density at radius 1 is 1.06 bits per heavy atom. The van der Waals surface area contributed by atoms with Gasteiger partial charge in [0, 0.05) is 41.5 Å². The van der Waals surface area contributed by atoms with Crippen LogP contribution in [0.25, 0.3) is 21.9 Å². The van der Waals surface area contributed by atoms with Gasteiger partial charge in [0.25, 0.3) is 0 Å². The molecule has 2 N–H and O–H groups in total. The lowest BCUT2D eigenvalue weighted by Crippen LogP contribution is -2.34. The summed E-state index contributed by atoms with van der Waals surface area (Å²) in [4.78, 5) is 30.0. The van der Waals surface area contributed by atoms with Crippen LogP contribution in [0.1, 0.15) is 16.4 Å². The van der Waals surface area contributed by atoms with Crippen LogP contribution in [0.5, 0.6) is 0 Å². The summed E-state index contributed by atoms with van der Waals surface area (Å²) >= 11 is 1.68. The Morgan fingerprint density at radius 3 is 2.65 bits per heavy atom. The van der Waals surface area contributed by atoms with Gasteiger partial charge >= 0.3 is 5.69 Å². The average Bonchev–Trinajstić information content (AvgIpc) is 3.52. The second-order valence-electron chi connectivity index (χ2n) is 7.58. The molecular formula is C24H22N4O2S. The number of imidazole rings is 1. The van der Waals surface area contributed by atoms with Crippen molar-refractivity contribution in [2.24, 2.45) is 7.05 Å². The number of aromatic amines is 1. The van der Waals surface area contributed by atoms with Crippen LogP contribution < -0.4 is 11.0 Å². The van der Waals surface area contributed by atoms with E-state index >= 15 is 0 Å². The van der Waals surface area contributed by atoms with E-state index in [1.54, 1.807) is 23.0 Å². The Kier molecular flexibility index (Phi) is 4.95. The molecule has 0 aliphatic rings. The number of rotatable bonds is 6. The SMILES string of the molecule is Cn1c(=O)n(CC(=O)NCC(c2cccs2)c2c[nH]c3ccccc23)c2ccccc21. The molecule has 1 unspecified atom stereocenters. The molecule has 0 radical (unpaired) electrons. The molecular weight excluding hydrogens is 408 g/mol. The van der Waals surface area contributed by atoms with E-state index in [-0.39, 0.29) is 24.1 Å². The molecule has 0 bridgehead atoms. The number of thiophene rings is 1. The summed E-state index contributed by atoms with van der Waals surface area (Å²) in [6.45, 7) is 0.450. The van der Waals surface area contributed by atoms with Gasteiger partial charge in [0.15, 0.2) is 0 Å². The summed E-state index contributed by atoms with van der Waals surface area (Å²) in [5.74, 6) is -0.149. The lowest BCUT2D eigenvalue weighted by Gasteiger charge is -2.16. The third-order valence-electron chi connectivity index (χ3n) is 5.74. The van der Waals surface area contributed by atoms with E-state index in [4.69, 9.17) is 0 Å². The Bertz CT molecular complexity index is 1430. The Balaban J connectivity index is 1.40. The van der Waals surface area contributed by atoms with Crippen LogP contribution in [0.2, 0.25) is 0 Å². The molecule has 3 heterocycles. The van der Waals surface area contributed by atoms with Gasteiger partial charge in [-0.1, -0.05) is 36.4 Å². The summed E-state index contributed by atoms with van der Waals surface area (Å²) in [6, 6.07) is 19.8. The number of fused-ring (bicyclic) bond motifs is 2. The van der Waals surface area contributed by atoms with Crippen molar-refractivity contribution in [3.8, 4) is 0 Å². The van der Waals surface area contributed by atoms with E-state index in [9.17, 15) is 9.59 Å². The number of nitrogens with zero attached hydrogens (tertiary/aromatic N) is 2. The molecule has 0 spiro atoms. The van der Waals surface area contributed by atoms with Crippen molar-refractivity contribution in [1.29, 1.82) is 0 Å². The summed E-state index contributed by atoms with van der Waals surface area (Å²) in [6.07, 6.45) is 2.02. The maximum absolute atomic E-state index is 12.8. The first-order valence-electron chi connectivity index (χ1n) is 10.1. The van der Waals surface area contributed by atoms with Crippen molar-refractivity contribution in [2.75, 3.05) is 6.54 Å². The van der Waals surface area contributed by atoms with Crippen LogP contribution >= 0.6 is 11.3 Å². The number of aryl methyl sites for hydroxylation is 1. The molecule has 1 atom stereocenters. The van der Waals surface area contributed by atoms with Crippen molar-refractivity contribution in [1.82, 2.24) is 19.4 Å². The highest BCUT2D eigenvalue weighted by Gasteiger charge is 2.21. The molecule has 1 amide bonds. The van der Waals surface area contributed by atoms with E-state index < -0.39 is 0 Å². The molecule has 0 saturated carbocycles. The van der Waals surface area contributed by atoms with Gasteiger partial charge in [-0.25, -0.2) is 4.79 Å². The predicted octanol–water partition coefficient (Wildman–Crippen LogP) is 3.83. The van der Waals surface area contributed by atoms with Crippen LogP contribution in [-0.2, 0) is 18.4 Å². The molecule has 5 rings (SSSR count). The average molecular weight is 431 g/mol. The fourth-order valence-electron chi connectivity index (χ4n) is 4.17. The topological polar surface area (TPSA) is 71.8 Å². The molecule has 3 aromatic heterocycles. The number of aromatic nitrogens is 3. The summed E-state index contributed by atoms with van der Waals surface area (Å²) < 4.78 is 3.10. The van der Waals surface area contributed by atoms with Gasteiger partial charge < -0.3 is 10.3 Å². The first-order valence-corrected chi connectivity index (χ1v) is 11.0. The zero-order valence-electron chi connectivity index (χ0n) is 17.0. The standard InChI is InChI=1S/C24H22N4O2S/c1-27-20-9-4-5-10-21(20)28(24(27)30)15-23(29)26-14-18(22-11-6-12-31-22)17-13-25-19-8-3-2-7-16(17)19/h2-13,18,25H,14-15H2,1H3,(H,26,29). The molecule has 0 fully saturated rings. The molecule has 31 heavy (non-hydrogen) atoms. The minimum Gasteiger partial charge on any atom is -0.361 e. The van der Waals surface area contributed by atoms with Crippen molar-refractivity contribution in [3.05, 3.63) is 93.2 Å². The van der Waals surface area contributed by atoms with Gasteiger partial charge in [0.05, 0.1) is 11.0 Å². The fraction of sp³-hybridized carbons (Fsp3) is 0.167. The van der Waals surface area contributed by atoms with Crippen LogP contribution in [0.4, 0.5) is 0 Å². The van der Waals surface area contributed by atoms with Crippen LogP contribution in [-0.4, -0.2) is 26.6 Å². The van der Waals surface area contributed by atoms with Gasteiger partial charge in [-0.15, -0.1) is 11.3 Å². The minimum absolute atomic E-state index is 0.00870. The first-order chi connectivity index (χ1) is 15.1. The van der Waals surface area contributed by atoms with E-state index in [1.165, 1.54) is 9.44 Å². The van der Waals surface area contributed by atoms with E-state index in [1.807, 2.05) is 48.7 Å². The normalized spacial score (nSPS) is 12.4. The number of benzene rings is 2. The third-order valence-corrected chi connectivity index (χ3v) is 6.73. The molecule has 0 aliphatic carbocycles. The lowest BCUT2D eigenvalue weighted by atomic mass is 9.96. The largest absolute Gasteiger partial charge is 0.361 e. The zero-order valence-corrected chi connectivity index (χ0v) is 17.9. The van der Waals surface area contributed by atoms with Crippen molar-refractivity contribution in [2.45, 2.75) is 12.5 Å². The Labute approximate surface area is 182 Å². The van der Waals surface area contributed by atoms with Crippen molar-refractivity contribution < 1.29 is 4.79 Å². The minimum atomic E-state index is -0.192. The monoisotopic (exact) mass is 430 g/mol. The number of hydrogen-bond donors (Lipinski definition) is 2. The summed E-state index contributed by atoms with van der Waals surface area (Å²) in [5.41, 5.74) is 3.61. The van der Waals surface area contributed by atoms with Gasteiger partial charge in [0.2, 0.25) is 5.91 Å². The van der Waals surface area contributed by atoms with Gasteiger partial charge in [-0.3, -0.25) is 13.9 Å². The molecule has 6 nitrogen and oxygen atoms in total. The van der Waals surface area contributed by atoms with Crippen molar-refractivity contribution in [3.63, 3.8) is 0 Å². The number of H-pyrrole nitrogens is 1. The highest BCUT2D eigenvalue weighted by Crippen LogP contribution is 2.32. The smallest absolute Gasteiger partial charge is 0.329 e. The Hall–Kier alpha value is -3.58. The molecule has 7 heteroatoms. The molecule has 0 saturated heterocycles.